The maximum Gasteiger partial charge on any atom is 0.0246 e. The quantitative estimate of drug-likeness (QED) is 0.748. The summed E-state index contributed by atoms with van der Waals surface area (Å²) in [5.74, 6) is 1.62. The second-order valence-corrected chi connectivity index (χ2v) is 6.54. The number of nitrogens with one attached hydrogen (secondary N) is 1. The Morgan fingerprint density at radius 2 is 1.94 bits per heavy atom. The van der Waals surface area contributed by atoms with Gasteiger partial charge >= 0.3 is 0 Å². The molecule has 1 aliphatic rings. The molecule has 1 heterocycles. The molecule has 2 nitrogen and oxygen atoms in total. The molecule has 0 aromatic rings. The van der Waals surface area contributed by atoms with E-state index in [9.17, 15) is 0 Å². The van der Waals surface area contributed by atoms with E-state index in [1.165, 1.54) is 45.3 Å². The number of nitrogens with zero attached hydrogens (tertiary/aromatic N) is 1. The summed E-state index contributed by atoms with van der Waals surface area (Å²) in [6, 6.07) is 1.46. The average Bonchev–Trinajstić information content (AvgIpc) is 2.35. The molecule has 3 unspecified atom stereocenters. The van der Waals surface area contributed by atoms with Crippen LogP contribution in [-0.2, 0) is 0 Å². The predicted molar refractivity (Wildman–Crippen MR) is 81.0 cm³/mol. The minimum absolute atomic E-state index is 0.710. The third-order valence-corrected chi connectivity index (χ3v) is 4.40. The highest BCUT2D eigenvalue weighted by Gasteiger charge is 2.30. The molecule has 0 aromatic heterocycles. The van der Waals surface area contributed by atoms with Gasteiger partial charge in [0.2, 0.25) is 0 Å². The first kappa shape index (κ1) is 16.0. The van der Waals surface area contributed by atoms with Crippen molar-refractivity contribution in [3.63, 3.8) is 0 Å². The molecule has 1 fully saturated rings. The highest BCUT2D eigenvalue weighted by molar-refractivity contribution is 4.88. The summed E-state index contributed by atoms with van der Waals surface area (Å²) in [4.78, 5) is 2.77. The zero-order valence-corrected chi connectivity index (χ0v) is 13.2. The van der Waals surface area contributed by atoms with Gasteiger partial charge in [-0.25, -0.2) is 0 Å². The lowest BCUT2D eigenvalue weighted by molar-refractivity contribution is 0.0843. The summed E-state index contributed by atoms with van der Waals surface area (Å²) in [5, 5.41) is 3.78. The van der Waals surface area contributed by atoms with Crippen molar-refractivity contribution >= 4 is 0 Å². The predicted octanol–water partition coefficient (Wildman–Crippen LogP) is 3.52. The third kappa shape index (κ3) is 4.89. The van der Waals surface area contributed by atoms with Gasteiger partial charge in [-0.3, -0.25) is 4.90 Å². The van der Waals surface area contributed by atoms with Gasteiger partial charge in [-0.1, -0.05) is 47.5 Å². The topological polar surface area (TPSA) is 15.3 Å². The molecule has 0 aromatic carbocycles. The minimum atomic E-state index is 0.710. The van der Waals surface area contributed by atoms with E-state index in [2.05, 4.69) is 44.8 Å². The van der Waals surface area contributed by atoms with Crippen molar-refractivity contribution in [3.8, 4) is 0 Å². The van der Waals surface area contributed by atoms with Gasteiger partial charge in [0.1, 0.15) is 0 Å². The SMILES string of the molecule is CCCCN1CC(CC(C)C)NCC1C(C)CC. The van der Waals surface area contributed by atoms with Gasteiger partial charge in [0, 0.05) is 25.2 Å². The molecule has 0 radical (unpaired) electrons. The minimum Gasteiger partial charge on any atom is -0.311 e. The smallest absolute Gasteiger partial charge is 0.0246 e. The fraction of sp³-hybridized carbons (Fsp3) is 1.00. The fourth-order valence-corrected chi connectivity index (χ4v) is 3.08. The number of hydrogen-bond donors (Lipinski definition) is 1. The first-order chi connectivity index (χ1) is 8.58. The fourth-order valence-electron chi connectivity index (χ4n) is 3.08. The Kier molecular flexibility index (Phi) is 7.25. The molecule has 0 amide bonds. The second-order valence-electron chi connectivity index (χ2n) is 6.54. The van der Waals surface area contributed by atoms with E-state index in [0.717, 1.165) is 17.9 Å². The van der Waals surface area contributed by atoms with Crippen molar-refractivity contribution in [2.75, 3.05) is 19.6 Å². The van der Waals surface area contributed by atoms with E-state index in [4.69, 9.17) is 0 Å². The van der Waals surface area contributed by atoms with Gasteiger partial charge in [0.05, 0.1) is 0 Å². The molecule has 2 heteroatoms. The molecule has 108 valence electrons. The lowest BCUT2D eigenvalue weighted by Crippen LogP contribution is -2.58. The number of piperazine rings is 1. The first-order valence-electron chi connectivity index (χ1n) is 8.05. The van der Waals surface area contributed by atoms with Gasteiger partial charge in [-0.2, -0.15) is 0 Å². The highest BCUT2D eigenvalue weighted by atomic mass is 15.2. The zero-order chi connectivity index (χ0) is 13.5. The molecule has 3 atom stereocenters. The second kappa shape index (κ2) is 8.16. The molecule has 0 bridgehead atoms. The summed E-state index contributed by atoms with van der Waals surface area (Å²) >= 11 is 0. The maximum atomic E-state index is 3.78. The summed E-state index contributed by atoms with van der Waals surface area (Å²) in [5.41, 5.74) is 0. The van der Waals surface area contributed by atoms with Crippen LogP contribution >= 0.6 is 0 Å². The monoisotopic (exact) mass is 254 g/mol. The lowest BCUT2D eigenvalue weighted by Gasteiger charge is -2.43. The van der Waals surface area contributed by atoms with Crippen LogP contribution in [0.25, 0.3) is 0 Å². The molecule has 0 saturated carbocycles. The molecular formula is C16H34N2. The van der Waals surface area contributed by atoms with Crippen molar-refractivity contribution in [2.45, 2.75) is 72.4 Å². The average molecular weight is 254 g/mol. The van der Waals surface area contributed by atoms with Crippen molar-refractivity contribution in [1.29, 1.82) is 0 Å². The van der Waals surface area contributed by atoms with Gasteiger partial charge in [-0.05, 0) is 31.2 Å². The van der Waals surface area contributed by atoms with E-state index in [1.807, 2.05) is 0 Å². The molecule has 18 heavy (non-hydrogen) atoms. The molecule has 1 aliphatic heterocycles. The van der Waals surface area contributed by atoms with Crippen LogP contribution in [-0.4, -0.2) is 36.6 Å². The van der Waals surface area contributed by atoms with Gasteiger partial charge < -0.3 is 5.32 Å². The molecule has 1 rings (SSSR count). The lowest BCUT2D eigenvalue weighted by atomic mass is 9.92. The largest absolute Gasteiger partial charge is 0.311 e. The summed E-state index contributed by atoms with van der Waals surface area (Å²) in [7, 11) is 0. The highest BCUT2D eigenvalue weighted by Crippen LogP contribution is 2.20. The maximum absolute atomic E-state index is 3.78. The van der Waals surface area contributed by atoms with Gasteiger partial charge in [-0.15, -0.1) is 0 Å². The number of rotatable bonds is 7. The first-order valence-corrected chi connectivity index (χ1v) is 8.05. The van der Waals surface area contributed by atoms with E-state index < -0.39 is 0 Å². The normalized spacial score (nSPS) is 27.7. The van der Waals surface area contributed by atoms with Crippen LogP contribution < -0.4 is 5.32 Å². The third-order valence-electron chi connectivity index (χ3n) is 4.40. The van der Waals surface area contributed by atoms with Crippen molar-refractivity contribution in [2.24, 2.45) is 11.8 Å². The summed E-state index contributed by atoms with van der Waals surface area (Å²) < 4.78 is 0. The van der Waals surface area contributed by atoms with Crippen LogP contribution in [0.15, 0.2) is 0 Å². The standard InChI is InChI=1S/C16H34N2/c1-6-8-9-18-12-15(10-13(3)4)17-11-16(18)14(5)7-2/h13-17H,6-12H2,1-5H3. The van der Waals surface area contributed by atoms with Gasteiger partial charge in [0.15, 0.2) is 0 Å². The van der Waals surface area contributed by atoms with E-state index >= 15 is 0 Å². The zero-order valence-electron chi connectivity index (χ0n) is 13.2. The van der Waals surface area contributed by atoms with E-state index in [1.54, 1.807) is 0 Å². The van der Waals surface area contributed by atoms with Crippen LogP contribution in [0.1, 0.15) is 60.3 Å². The van der Waals surface area contributed by atoms with Crippen LogP contribution in [0.3, 0.4) is 0 Å². The molecular weight excluding hydrogens is 220 g/mol. The Balaban J connectivity index is 2.54. The van der Waals surface area contributed by atoms with Crippen molar-refractivity contribution < 1.29 is 0 Å². The Morgan fingerprint density at radius 1 is 1.22 bits per heavy atom. The Bertz CT molecular complexity index is 215. The van der Waals surface area contributed by atoms with Crippen molar-refractivity contribution in [3.05, 3.63) is 0 Å². The number of hydrogen-bond acceptors (Lipinski definition) is 2. The Morgan fingerprint density at radius 3 is 2.50 bits per heavy atom. The Hall–Kier alpha value is -0.0800. The Labute approximate surface area is 115 Å². The molecule has 0 aliphatic carbocycles. The molecule has 0 spiro atoms. The van der Waals surface area contributed by atoms with Crippen LogP contribution in [0.5, 0.6) is 0 Å². The number of unbranched alkanes of at least 4 members (excludes halogenated alkanes) is 1. The van der Waals surface area contributed by atoms with Crippen LogP contribution in [0.4, 0.5) is 0 Å². The van der Waals surface area contributed by atoms with E-state index in [0.29, 0.717) is 6.04 Å². The van der Waals surface area contributed by atoms with Crippen LogP contribution in [0.2, 0.25) is 0 Å². The van der Waals surface area contributed by atoms with Crippen molar-refractivity contribution in [1.82, 2.24) is 10.2 Å². The summed E-state index contributed by atoms with van der Waals surface area (Å²) in [6.07, 6.45) is 5.27. The van der Waals surface area contributed by atoms with Crippen LogP contribution in [0, 0.1) is 11.8 Å². The van der Waals surface area contributed by atoms with Gasteiger partial charge in [0.25, 0.3) is 0 Å². The molecule has 1 saturated heterocycles. The van der Waals surface area contributed by atoms with E-state index in [-0.39, 0.29) is 0 Å². The molecule has 1 N–H and O–H groups in total. The summed E-state index contributed by atoms with van der Waals surface area (Å²) in [6.45, 7) is 15.4.